The quantitative estimate of drug-likeness (QED) is 0.386. The molecule has 0 unspecified atom stereocenters. The average molecular weight is 496 g/mol. The van der Waals surface area contributed by atoms with Crippen molar-refractivity contribution in [1.29, 1.82) is 0 Å². The summed E-state index contributed by atoms with van der Waals surface area (Å²) < 4.78 is 42.7. The summed E-state index contributed by atoms with van der Waals surface area (Å²) in [5.74, 6) is -0.542. The summed E-state index contributed by atoms with van der Waals surface area (Å²) in [6.07, 6.45) is -3.92. The summed E-state index contributed by atoms with van der Waals surface area (Å²) in [5, 5.41) is 11.6. The van der Waals surface area contributed by atoms with Crippen molar-refractivity contribution in [1.82, 2.24) is 19.2 Å². The highest BCUT2D eigenvalue weighted by molar-refractivity contribution is 7.99. The minimum Gasteiger partial charge on any atom is -0.325 e. The molecule has 0 saturated carbocycles. The number of nitrogens with zero attached hydrogens (tertiary/aromatic N) is 4. The molecule has 0 aliphatic heterocycles. The number of para-hydroxylation sites is 1. The van der Waals surface area contributed by atoms with Crippen molar-refractivity contribution in [3.05, 3.63) is 63.4 Å². The molecular weight excluding hydrogens is 479 g/mol. The van der Waals surface area contributed by atoms with Crippen LogP contribution in [0.1, 0.15) is 18.9 Å². The van der Waals surface area contributed by atoms with Crippen molar-refractivity contribution in [3.63, 3.8) is 0 Å². The highest BCUT2D eigenvalue weighted by Gasteiger charge is 2.33. The molecule has 1 N–H and O–H groups in total. The number of hydrogen-bond acceptors (Lipinski definition) is 5. The molecule has 0 atom stereocenters. The van der Waals surface area contributed by atoms with Gasteiger partial charge in [-0.3, -0.25) is 18.6 Å². The molecule has 7 nitrogen and oxygen atoms in total. The SMILES string of the molecule is CCCn1c(=O)c2cc(Cl)ccc2n2c(SCC(=O)Nc3ccccc3C(F)(F)F)nnc12. The highest BCUT2D eigenvalue weighted by Crippen LogP contribution is 2.34. The largest absolute Gasteiger partial charge is 0.418 e. The fourth-order valence-electron chi connectivity index (χ4n) is 3.43. The van der Waals surface area contributed by atoms with Gasteiger partial charge in [0, 0.05) is 11.6 Å². The van der Waals surface area contributed by atoms with Gasteiger partial charge in [-0.05, 0) is 36.8 Å². The summed E-state index contributed by atoms with van der Waals surface area (Å²) in [6, 6.07) is 9.60. The van der Waals surface area contributed by atoms with Crippen molar-refractivity contribution in [3.8, 4) is 0 Å². The lowest BCUT2D eigenvalue weighted by Crippen LogP contribution is -2.23. The number of rotatable bonds is 6. The van der Waals surface area contributed by atoms with Crippen molar-refractivity contribution in [2.75, 3.05) is 11.1 Å². The molecule has 0 spiro atoms. The molecule has 2 heterocycles. The number of aryl methyl sites for hydroxylation is 1. The number of anilines is 1. The lowest BCUT2D eigenvalue weighted by Gasteiger charge is -2.13. The van der Waals surface area contributed by atoms with Crippen LogP contribution in [0, 0.1) is 0 Å². The number of alkyl halides is 3. The highest BCUT2D eigenvalue weighted by atomic mass is 35.5. The molecular formula is C21H17ClF3N5O2S. The molecule has 12 heteroatoms. The number of carbonyl (C=O) groups is 1. The number of hydrogen-bond donors (Lipinski definition) is 1. The Kier molecular flexibility index (Phi) is 6.35. The number of benzene rings is 2. The van der Waals surface area contributed by atoms with Crippen molar-refractivity contribution in [2.24, 2.45) is 0 Å². The Morgan fingerprint density at radius 3 is 2.67 bits per heavy atom. The van der Waals surface area contributed by atoms with E-state index in [0.29, 0.717) is 39.8 Å². The van der Waals surface area contributed by atoms with Crippen LogP contribution in [0.15, 0.2) is 52.4 Å². The Morgan fingerprint density at radius 2 is 1.94 bits per heavy atom. The van der Waals surface area contributed by atoms with Crippen LogP contribution in [0.25, 0.3) is 16.7 Å². The molecule has 2 aromatic heterocycles. The summed E-state index contributed by atoms with van der Waals surface area (Å²) in [7, 11) is 0. The zero-order chi connectivity index (χ0) is 23.8. The van der Waals surface area contributed by atoms with Gasteiger partial charge in [0.05, 0.1) is 27.9 Å². The van der Waals surface area contributed by atoms with Gasteiger partial charge in [0.1, 0.15) is 0 Å². The van der Waals surface area contributed by atoms with Crippen LogP contribution >= 0.6 is 23.4 Å². The molecule has 33 heavy (non-hydrogen) atoms. The second-order valence-corrected chi connectivity index (χ2v) is 8.50. The summed E-state index contributed by atoms with van der Waals surface area (Å²) in [4.78, 5) is 25.4. The van der Waals surface area contributed by atoms with Crippen LogP contribution in [0.5, 0.6) is 0 Å². The normalized spacial score (nSPS) is 11.9. The Morgan fingerprint density at radius 1 is 1.18 bits per heavy atom. The maximum absolute atomic E-state index is 13.2. The van der Waals surface area contributed by atoms with Gasteiger partial charge in [-0.15, -0.1) is 10.2 Å². The lowest BCUT2D eigenvalue weighted by atomic mass is 10.1. The maximum atomic E-state index is 13.2. The molecule has 0 fully saturated rings. The van der Waals surface area contributed by atoms with Gasteiger partial charge in [-0.2, -0.15) is 13.2 Å². The van der Waals surface area contributed by atoms with E-state index >= 15 is 0 Å². The number of thioether (sulfide) groups is 1. The standard InChI is InChI=1S/C21H17ClF3N5O2S/c1-2-9-29-18(32)13-10-12(22)7-8-16(13)30-19(29)27-28-20(30)33-11-17(31)26-15-6-4-3-5-14(15)21(23,24)25/h3-8,10H,2,9,11H2,1H3,(H,26,31). The molecule has 0 radical (unpaired) electrons. The topological polar surface area (TPSA) is 81.3 Å². The maximum Gasteiger partial charge on any atom is 0.418 e. The van der Waals surface area contributed by atoms with Crippen LogP contribution in [0.2, 0.25) is 5.02 Å². The van der Waals surface area contributed by atoms with Gasteiger partial charge in [0.25, 0.3) is 5.56 Å². The van der Waals surface area contributed by atoms with E-state index < -0.39 is 17.6 Å². The number of carbonyl (C=O) groups excluding carboxylic acids is 1. The Balaban J connectivity index is 1.66. The number of aromatic nitrogens is 4. The van der Waals surface area contributed by atoms with E-state index in [2.05, 4.69) is 15.5 Å². The summed E-state index contributed by atoms with van der Waals surface area (Å²) >= 11 is 7.08. The minimum absolute atomic E-state index is 0.213. The predicted molar refractivity (Wildman–Crippen MR) is 121 cm³/mol. The van der Waals surface area contributed by atoms with Gasteiger partial charge in [0.2, 0.25) is 11.7 Å². The first kappa shape index (κ1) is 23.1. The lowest BCUT2D eigenvalue weighted by molar-refractivity contribution is -0.137. The molecule has 1 amide bonds. The van der Waals surface area contributed by atoms with E-state index in [1.165, 1.54) is 22.8 Å². The first-order chi connectivity index (χ1) is 15.7. The molecule has 0 aliphatic rings. The van der Waals surface area contributed by atoms with Crippen molar-refractivity contribution >= 4 is 51.6 Å². The minimum atomic E-state index is -4.59. The molecule has 4 rings (SSSR count). The smallest absolute Gasteiger partial charge is 0.325 e. The van der Waals surface area contributed by atoms with Crippen molar-refractivity contribution in [2.45, 2.75) is 31.2 Å². The number of nitrogens with one attached hydrogen (secondary N) is 1. The fraction of sp³-hybridized carbons (Fsp3) is 0.238. The van der Waals surface area contributed by atoms with E-state index in [1.807, 2.05) is 6.92 Å². The van der Waals surface area contributed by atoms with E-state index in [1.54, 1.807) is 22.6 Å². The van der Waals surface area contributed by atoms with Crippen LogP contribution < -0.4 is 10.9 Å². The number of amides is 1. The zero-order valence-corrected chi connectivity index (χ0v) is 18.8. The van der Waals surface area contributed by atoms with Gasteiger partial charge in [0.15, 0.2) is 5.16 Å². The van der Waals surface area contributed by atoms with E-state index in [9.17, 15) is 22.8 Å². The molecule has 4 aromatic rings. The molecule has 0 saturated heterocycles. The third-order valence-corrected chi connectivity index (χ3v) is 5.98. The zero-order valence-electron chi connectivity index (χ0n) is 17.2. The first-order valence-corrected chi connectivity index (χ1v) is 11.2. The van der Waals surface area contributed by atoms with Gasteiger partial charge < -0.3 is 5.32 Å². The molecule has 0 aliphatic carbocycles. The van der Waals surface area contributed by atoms with E-state index in [-0.39, 0.29) is 17.0 Å². The fourth-order valence-corrected chi connectivity index (χ4v) is 4.35. The first-order valence-electron chi connectivity index (χ1n) is 9.86. The van der Waals surface area contributed by atoms with Crippen LogP contribution in [0.3, 0.4) is 0 Å². The molecule has 0 bridgehead atoms. The van der Waals surface area contributed by atoms with Gasteiger partial charge in [-0.1, -0.05) is 42.4 Å². The Hall–Kier alpha value is -3.05. The third-order valence-electron chi connectivity index (χ3n) is 4.82. The van der Waals surface area contributed by atoms with Crippen LogP contribution in [-0.2, 0) is 17.5 Å². The monoisotopic (exact) mass is 495 g/mol. The van der Waals surface area contributed by atoms with E-state index in [4.69, 9.17) is 11.6 Å². The molecule has 2 aromatic carbocycles. The van der Waals surface area contributed by atoms with Gasteiger partial charge in [-0.25, -0.2) is 0 Å². The Labute approximate surface area is 194 Å². The number of fused-ring (bicyclic) bond motifs is 3. The van der Waals surface area contributed by atoms with Crippen molar-refractivity contribution < 1.29 is 18.0 Å². The van der Waals surface area contributed by atoms with Gasteiger partial charge >= 0.3 is 6.18 Å². The predicted octanol–water partition coefficient (Wildman–Crippen LogP) is 4.86. The average Bonchev–Trinajstić information content (AvgIpc) is 3.18. The number of halogens is 4. The van der Waals surface area contributed by atoms with Crippen LogP contribution in [-0.4, -0.2) is 30.8 Å². The third kappa shape index (κ3) is 4.55. The second kappa shape index (κ2) is 9.06. The summed E-state index contributed by atoms with van der Waals surface area (Å²) in [5.41, 5.74) is -0.990. The van der Waals surface area contributed by atoms with E-state index in [0.717, 1.165) is 17.8 Å². The second-order valence-electron chi connectivity index (χ2n) is 7.12. The van der Waals surface area contributed by atoms with Crippen LogP contribution in [0.4, 0.5) is 18.9 Å². The summed E-state index contributed by atoms with van der Waals surface area (Å²) in [6.45, 7) is 2.32. The Bertz CT molecular complexity index is 1420. The molecule has 172 valence electrons.